The first kappa shape index (κ1) is 18.9. The Hall–Kier alpha value is -1.44. The minimum Gasteiger partial charge on any atom is -0.494 e. The van der Waals surface area contributed by atoms with E-state index < -0.39 is 0 Å². The molecule has 2 rings (SSSR count). The second-order valence-corrected chi connectivity index (χ2v) is 6.95. The number of aromatic nitrogens is 1. The molecule has 0 atom stereocenters. The molecule has 2 heteroatoms. The van der Waals surface area contributed by atoms with Crippen LogP contribution in [0.5, 0.6) is 5.75 Å². The zero-order chi connectivity index (χ0) is 17.0. The summed E-state index contributed by atoms with van der Waals surface area (Å²) < 4.78 is 5.96. The van der Waals surface area contributed by atoms with Crippen LogP contribution in [0.15, 0.2) is 24.4 Å². The first-order valence-electron chi connectivity index (χ1n) is 10.1. The van der Waals surface area contributed by atoms with Crippen LogP contribution >= 0.6 is 0 Å². The molecule has 1 N–H and O–H groups in total. The van der Waals surface area contributed by atoms with E-state index in [-0.39, 0.29) is 0 Å². The summed E-state index contributed by atoms with van der Waals surface area (Å²) in [6.45, 7) is 5.34. The smallest absolute Gasteiger partial charge is 0.120 e. The number of H-pyrrole nitrogens is 1. The zero-order valence-electron chi connectivity index (χ0n) is 15.7. The van der Waals surface area contributed by atoms with Gasteiger partial charge in [0.1, 0.15) is 5.75 Å². The number of ether oxygens (including phenoxy) is 1. The fourth-order valence-corrected chi connectivity index (χ4v) is 3.33. The van der Waals surface area contributed by atoms with Gasteiger partial charge in [0.2, 0.25) is 0 Å². The van der Waals surface area contributed by atoms with E-state index in [1.807, 2.05) is 0 Å². The largest absolute Gasteiger partial charge is 0.494 e. The molecule has 24 heavy (non-hydrogen) atoms. The number of hydrogen-bond acceptors (Lipinski definition) is 1. The normalized spacial score (nSPS) is 11.2. The Kier molecular flexibility index (Phi) is 8.80. The molecule has 1 aromatic heterocycles. The predicted octanol–water partition coefficient (Wildman–Crippen LogP) is 7.03. The Morgan fingerprint density at radius 2 is 1.54 bits per heavy atom. The lowest BCUT2D eigenvalue weighted by molar-refractivity contribution is 0.304. The van der Waals surface area contributed by atoms with Gasteiger partial charge in [0, 0.05) is 17.1 Å². The van der Waals surface area contributed by atoms with Crippen LogP contribution in [0.2, 0.25) is 0 Å². The van der Waals surface area contributed by atoms with Crippen molar-refractivity contribution in [3.8, 4) is 5.75 Å². The van der Waals surface area contributed by atoms with Gasteiger partial charge in [0.15, 0.2) is 0 Å². The number of nitrogens with one attached hydrogen (secondary N) is 1. The minimum absolute atomic E-state index is 0.842. The molecule has 2 aromatic rings. The molecule has 0 spiro atoms. The van der Waals surface area contributed by atoms with Crippen molar-refractivity contribution in [1.29, 1.82) is 0 Å². The monoisotopic (exact) mass is 329 g/mol. The summed E-state index contributed by atoms with van der Waals surface area (Å²) in [5.41, 5.74) is 2.62. The topological polar surface area (TPSA) is 25.0 Å². The van der Waals surface area contributed by atoms with Gasteiger partial charge < -0.3 is 9.72 Å². The fraction of sp³-hybridized carbons (Fsp3) is 0.636. The highest BCUT2D eigenvalue weighted by Gasteiger charge is 2.04. The first-order valence-corrected chi connectivity index (χ1v) is 10.1. The summed E-state index contributed by atoms with van der Waals surface area (Å²) in [7, 11) is 0. The van der Waals surface area contributed by atoms with Crippen molar-refractivity contribution in [3.63, 3.8) is 0 Å². The first-order chi connectivity index (χ1) is 11.8. The van der Waals surface area contributed by atoms with Gasteiger partial charge in [-0.3, -0.25) is 0 Å². The van der Waals surface area contributed by atoms with Crippen LogP contribution in [-0.2, 0) is 6.42 Å². The molecule has 134 valence electrons. The Morgan fingerprint density at radius 3 is 2.25 bits per heavy atom. The fourth-order valence-electron chi connectivity index (χ4n) is 3.33. The lowest BCUT2D eigenvalue weighted by Gasteiger charge is -2.07. The zero-order valence-corrected chi connectivity index (χ0v) is 15.7. The molecule has 0 aliphatic heterocycles. The molecular weight excluding hydrogens is 294 g/mol. The van der Waals surface area contributed by atoms with Gasteiger partial charge in [0.05, 0.1) is 6.61 Å². The molecule has 0 amide bonds. The van der Waals surface area contributed by atoms with E-state index in [0.717, 1.165) is 18.8 Å². The van der Waals surface area contributed by atoms with E-state index in [1.165, 1.54) is 80.7 Å². The molecule has 0 radical (unpaired) electrons. The van der Waals surface area contributed by atoms with Gasteiger partial charge in [0.25, 0.3) is 0 Å². The quantitative estimate of drug-likeness (QED) is 0.392. The lowest BCUT2D eigenvalue weighted by Crippen LogP contribution is -1.97. The minimum atomic E-state index is 0.842. The predicted molar refractivity (Wildman–Crippen MR) is 105 cm³/mol. The Labute approximate surface area is 148 Å². The van der Waals surface area contributed by atoms with Gasteiger partial charge in [-0.2, -0.15) is 0 Å². The van der Waals surface area contributed by atoms with Crippen molar-refractivity contribution in [2.24, 2.45) is 0 Å². The maximum atomic E-state index is 5.96. The highest BCUT2D eigenvalue weighted by molar-refractivity contribution is 5.84. The second kappa shape index (κ2) is 11.2. The summed E-state index contributed by atoms with van der Waals surface area (Å²) in [5.74, 6) is 1.01. The maximum Gasteiger partial charge on any atom is 0.120 e. The Morgan fingerprint density at radius 1 is 0.833 bits per heavy atom. The molecule has 2 nitrogen and oxygen atoms in total. The van der Waals surface area contributed by atoms with Crippen LogP contribution in [-0.4, -0.2) is 11.6 Å². The lowest BCUT2D eigenvalue weighted by atomic mass is 10.1. The van der Waals surface area contributed by atoms with Crippen molar-refractivity contribution < 1.29 is 4.74 Å². The number of aromatic amines is 1. The van der Waals surface area contributed by atoms with Crippen LogP contribution in [0.1, 0.15) is 83.6 Å². The summed E-state index contributed by atoms with van der Waals surface area (Å²) in [4.78, 5) is 3.35. The van der Waals surface area contributed by atoms with Gasteiger partial charge in [-0.1, -0.05) is 71.6 Å². The van der Waals surface area contributed by atoms with E-state index in [9.17, 15) is 0 Å². The average Bonchev–Trinajstić information content (AvgIpc) is 2.99. The molecule has 0 bridgehead atoms. The number of benzene rings is 1. The number of hydrogen-bond donors (Lipinski definition) is 1. The summed E-state index contributed by atoms with van der Waals surface area (Å²) in [6.07, 6.45) is 16.6. The summed E-state index contributed by atoms with van der Waals surface area (Å²) in [5, 5.41) is 1.32. The summed E-state index contributed by atoms with van der Waals surface area (Å²) in [6, 6.07) is 6.42. The van der Waals surface area contributed by atoms with Gasteiger partial charge in [-0.15, -0.1) is 0 Å². The van der Waals surface area contributed by atoms with Crippen LogP contribution in [0, 0.1) is 0 Å². The van der Waals surface area contributed by atoms with Crippen LogP contribution in [0.4, 0.5) is 0 Å². The Balaban J connectivity index is 1.62. The van der Waals surface area contributed by atoms with Crippen molar-refractivity contribution in [2.45, 2.75) is 84.5 Å². The molecule has 0 unspecified atom stereocenters. The van der Waals surface area contributed by atoms with E-state index in [4.69, 9.17) is 4.74 Å². The number of aryl methyl sites for hydroxylation is 1. The van der Waals surface area contributed by atoms with Crippen molar-refractivity contribution in [1.82, 2.24) is 4.98 Å². The molecular formula is C22H35NO. The average molecular weight is 330 g/mol. The molecule has 0 aliphatic carbocycles. The Bertz CT molecular complexity index is 572. The molecule has 1 aromatic carbocycles. The highest BCUT2D eigenvalue weighted by Crippen LogP contribution is 2.25. The molecule has 0 saturated carbocycles. The third-order valence-electron chi connectivity index (χ3n) is 4.77. The van der Waals surface area contributed by atoms with E-state index in [1.54, 1.807) is 0 Å². The van der Waals surface area contributed by atoms with E-state index in [0.29, 0.717) is 0 Å². The number of unbranched alkanes of at least 4 members (excludes halogenated alkanes) is 8. The number of fused-ring (bicyclic) bond motifs is 1. The summed E-state index contributed by atoms with van der Waals surface area (Å²) >= 11 is 0. The standard InChI is InChI=1S/C22H35NO/c1-3-5-6-7-8-9-10-11-12-16-24-20-14-15-22-21(17-20)19(13-4-2)18-23-22/h14-15,17-18,23H,3-13,16H2,1-2H3. The van der Waals surface area contributed by atoms with E-state index >= 15 is 0 Å². The van der Waals surface area contributed by atoms with E-state index in [2.05, 4.69) is 43.2 Å². The maximum absolute atomic E-state index is 5.96. The second-order valence-electron chi connectivity index (χ2n) is 6.95. The third kappa shape index (κ3) is 6.22. The molecule has 0 saturated heterocycles. The van der Waals surface area contributed by atoms with Gasteiger partial charge in [-0.05, 0) is 36.6 Å². The van der Waals surface area contributed by atoms with Crippen molar-refractivity contribution in [2.75, 3.05) is 6.61 Å². The van der Waals surface area contributed by atoms with Gasteiger partial charge >= 0.3 is 0 Å². The molecule has 1 heterocycles. The van der Waals surface area contributed by atoms with Crippen molar-refractivity contribution >= 4 is 10.9 Å². The SMILES string of the molecule is CCCCCCCCCCCOc1ccc2[nH]cc(CCC)c2c1. The molecule has 0 fully saturated rings. The third-order valence-corrected chi connectivity index (χ3v) is 4.77. The molecule has 0 aliphatic rings. The highest BCUT2D eigenvalue weighted by atomic mass is 16.5. The number of rotatable bonds is 13. The van der Waals surface area contributed by atoms with Crippen LogP contribution in [0.25, 0.3) is 10.9 Å². The van der Waals surface area contributed by atoms with Crippen molar-refractivity contribution in [3.05, 3.63) is 30.0 Å². The van der Waals surface area contributed by atoms with Crippen LogP contribution in [0.3, 0.4) is 0 Å². The van der Waals surface area contributed by atoms with Crippen LogP contribution < -0.4 is 4.74 Å². The van der Waals surface area contributed by atoms with Gasteiger partial charge in [-0.25, -0.2) is 0 Å².